The van der Waals surface area contributed by atoms with E-state index in [0.29, 0.717) is 20.7 Å². The Morgan fingerprint density at radius 3 is 2.50 bits per heavy atom. The standard InChI is InChI=1S/C24H24N2O6S2/c1-31-18-9-8-16(13-19(18)32-2)14-20-22(28)26(24(33)34-20)11-10-21(27)25-17(23(29)30)12-15-6-4-3-5-7-15/h3-9,13-14,17H,10-12H2,1-2H3,(H,25,27)(H,29,30)/b20-14-. The third-order valence-corrected chi connectivity index (χ3v) is 6.44. The maximum atomic E-state index is 12.8. The number of rotatable bonds is 10. The van der Waals surface area contributed by atoms with Crippen LogP contribution in [0.1, 0.15) is 17.5 Å². The molecule has 0 spiro atoms. The number of ether oxygens (including phenoxy) is 2. The number of hydrogen-bond donors (Lipinski definition) is 2. The van der Waals surface area contributed by atoms with Gasteiger partial charge in [-0.3, -0.25) is 14.5 Å². The minimum atomic E-state index is -1.12. The summed E-state index contributed by atoms with van der Waals surface area (Å²) in [5, 5.41) is 12.0. The van der Waals surface area contributed by atoms with E-state index in [1.807, 2.05) is 6.07 Å². The number of hydrogen-bond acceptors (Lipinski definition) is 7. The number of aliphatic carboxylic acids is 1. The van der Waals surface area contributed by atoms with Crippen molar-refractivity contribution in [1.82, 2.24) is 10.2 Å². The minimum Gasteiger partial charge on any atom is -0.493 e. The molecule has 1 fully saturated rings. The number of carboxylic acids is 1. The van der Waals surface area contributed by atoms with E-state index in [0.717, 1.165) is 22.9 Å². The average Bonchev–Trinajstić information content (AvgIpc) is 3.09. The van der Waals surface area contributed by atoms with Gasteiger partial charge in [0.25, 0.3) is 5.91 Å². The molecule has 8 nitrogen and oxygen atoms in total. The second-order valence-electron chi connectivity index (χ2n) is 7.35. The fourth-order valence-corrected chi connectivity index (χ4v) is 4.63. The molecule has 0 bridgehead atoms. The van der Waals surface area contributed by atoms with Crippen molar-refractivity contribution in [3.8, 4) is 11.5 Å². The Morgan fingerprint density at radius 2 is 1.85 bits per heavy atom. The van der Waals surface area contributed by atoms with Crippen molar-refractivity contribution in [1.29, 1.82) is 0 Å². The molecule has 178 valence electrons. The molecule has 3 rings (SSSR count). The van der Waals surface area contributed by atoms with Crippen LogP contribution in [0, 0.1) is 0 Å². The molecule has 0 saturated carbocycles. The molecule has 0 radical (unpaired) electrons. The first kappa shape index (κ1) is 25.3. The van der Waals surface area contributed by atoms with E-state index in [1.165, 1.54) is 12.0 Å². The van der Waals surface area contributed by atoms with Gasteiger partial charge in [-0.1, -0.05) is 60.4 Å². The highest BCUT2D eigenvalue weighted by atomic mass is 32.2. The minimum absolute atomic E-state index is 0.0530. The smallest absolute Gasteiger partial charge is 0.326 e. The Labute approximate surface area is 206 Å². The van der Waals surface area contributed by atoms with Crippen LogP contribution >= 0.6 is 24.0 Å². The summed E-state index contributed by atoms with van der Waals surface area (Å²) in [6, 6.07) is 13.3. The van der Waals surface area contributed by atoms with Gasteiger partial charge in [-0.05, 0) is 29.3 Å². The van der Waals surface area contributed by atoms with Crippen molar-refractivity contribution in [2.24, 2.45) is 0 Å². The van der Waals surface area contributed by atoms with Gasteiger partial charge in [-0.15, -0.1) is 0 Å². The van der Waals surface area contributed by atoms with Crippen LogP contribution in [0.15, 0.2) is 53.4 Å². The molecular weight excluding hydrogens is 476 g/mol. The number of carbonyl (C=O) groups excluding carboxylic acids is 2. The molecular formula is C24H24N2O6S2. The Balaban J connectivity index is 1.61. The van der Waals surface area contributed by atoms with Crippen molar-refractivity contribution in [3.05, 3.63) is 64.6 Å². The van der Waals surface area contributed by atoms with Crippen molar-refractivity contribution < 1.29 is 29.0 Å². The number of amides is 2. The molecule has 1 atom stereocenters. The molecule has 34 heavy (non-hydrogen) atoms. The van der Waals surface area contributed by atoms with Gasteiger partial charge >= 0.3 is 5.97 Å². The second-order valence-corrected chi connectivity index (χ2v) is 9.02. The summed E-state index contributed by atoms with van der Waals surface area (Å²) in [6.45, 7) is 0.0530. The second kappa shape index (κ2) is 11.7. The first-order chi connectivity index (χ1) is 16.3. The van der Waals surface area contributed by atoms with E-state index < -0.39 is 17.9 Å². The predicted octanol–water partition coefficient (Wildman–Crippen LogP) is 3.11. The molecule has 1 aliphatic heterocycles. The van der Waals surface area contributed by atoms with E-state index in [1.54, 1.807) is 55.7 Å². The Kier molecular flexibility index (Phi) is 8.67. The summed E-state index contributed by atoms with van der Waals surface area (Å²) >= 11 is 6.47. The number of carboxylic acid groups (broad SMARTS) is 1. The summed E-state index contributed by atoms with van der Waals surface area (Å²) in [5.74, 6) is -0.796. The summed E-state index contributed by atoms with van der Waals surface area (Å²) in [7, 11) is 3.07. The van der Waals surface area contributed by atoms with E-state index in [9.17, 15) is 19.5 Å². The number of nitrogens with one attached hydrogen (secondary N) is 1. The van der Waals surface area contributed by atoms with Crippen LogP contribution in [0.4, 0.5) is 0 Å². The highest BCUT2D eigenvalue weighted by Crippen LogP contribution is 2.34. The summed E-state index contributed by atoms with van der Waals surface area (Å²) in [5.41, 5.74) is 1.54. The van der Waals surface area contributed by atoms with Crippen LogP contribution in [-0.2, 0) is 20.8 Å². The lowest BCUT2D eigenvalue weighted by Crippen LogP contribution is -2.43. The zero-order valence-corrected chi connectivity index (χ0v) is 20.3. The van der Waals surface area contributed by atoms with Gasteiger partial charge in [0, 0.05) is 19.4 Å². The van der Waals surface area contributed by atoms with Crippen molar-refractivity contribution in [2.45, 2.75) is 18.9 Å². The number of nitrogens with zero attached hydrogens (tertiary/aromatic N) is 1. The van der Waals surface area contributed by atoms with Gasteiger partial charge in [0.1, 0.15) is 10.4 Å². The maximum absolute atomic E-state index is 12.8. The maximum Gasteiger partial charge on any atom is 0.326 e. The fraction of sp³-hybridized carbons (Fsp3) is 0.250. The molecule has 2 amide bonds. The van der Waals surface area contributed by atoms with Crippen LogP contribution < -0.4 is 14.8 Å². The molecule has 1 aliphatic rings. The molecule has 0 aliphatic carbocycles. The number of methoxy groups -OCH3 is 2. The van der Waals surface area contributed by atoms with Crippen LogP contribution in [0.3, 0.4) is 0 Å². The number of benzene rings is 2. The number of thiocarbonyl (C=S) groups is 1. The quantitative estimate of drug-likeness (QED) is 0.379. The molecule has 1 unspecified atom stereocenters. The Bertz CT molecular complexity index is 1120. The Hall–Kier alpha value is -3.37. The highest BCUT2D eigenvalue weighted by molar-refractivity contribution is 8.26. The summed E-state index contributed by atoms with van der Waals surface area (Å²) in [4.78, 5) is 38.6. The topological polar surface area (TPSA) is 105 Å². The average molecular weight is 501 g/mol. The lowest BCUT2D eigenvalue weighted by atomic mass is 10.1. The van der Waals surface area contributed by atoms with E-state index >= 15 is 0 Å². The molecule has 1 heterocycles. The molecule has 10 heteroatoms. The number of carbonyl (C=O) groups is 3. The van der Waals surface area contributed by atoms with E-state index in [2.05, 4.69) is 5.32 Å². The first-order valence-electron chi connectivity index (χ1n) is 10.4. The van der Waals surface area contributed by atoms with Crippen molar-refractivity contribution >= 4 is 52.2 Å². The normalized spacial score (nSPS) is 15.4. The molecule has 0 aromatic heterocycles. The third kappa shape index (κ3) is 6.36. The predicted molar refractivity (Wildman–Crippen MR) is 134 cm³/mol. The van der Waals surface area contributed by atoms with E-state index in [4.69, 9.17) is 21.7 Å². The summed E-state index contributed by atoms with van der Waals surface area (Å²) < 4.78 is 10.9. The fourth-order valence-electron chi connectivity index (χ4n) is 3.32. The van der Waals surface area contributed by atoms with Gasteiger partial charge in [-0.2, -0.15) is 0 Å². The largest absolute Gasteiger partial charge is 0.493 e. The zero-order valence-electron chi connectivity index (χ0n) is 18.6. The molecule has 2 aromatic rings. The lowest BCUT2D eigenvalue weighted by molar-refractivity contribution is -0.141. The molecule has 2 N–H and O–H groups in total. The van der Waals surface area contributed by atoms with Crippen LogP contribution in [0.2, 0.25) is 0 Å². The van der Waals surface area contributed by atoms with Gasteiger partial charge in [-0.25, -0.2) is 4.79 Å². The lowest BCUT2D eigenvalue weighted by Gasteiger charge is -2.17. The highest BCUT2D eigenvalue weighted by Gasteiger charge is 2.32. The Morgan fingerprint density at radius 1 is 1.15 bits per heavy atom. The SMILES string of the molecule is COc1ccc(/C=C2\SC(=S)N(CCC(=O)NC(Cc3ccccc3)C(=O)O)C2=O)cc1OC. The van der Waals surface area contributed by atoms with Crippen LogP contribution in [0.25, 0.3) is 6.08 Å². The van der Waals surface area contributed by atoms with Gasteiger partial charge in [0.15, 0.2) is 11.5 Å². The first-order valence-corrected chi connectivity index (χ1v) is 11.6. The number of thioether (sulfide) groups is 1. The zero-order chi connectivity index (χ0) is 24.7. The monoisotopic (exact) mass is 500 g/mol. The van der Waals surface area contributed by atoms with Crippen LogP contribution in [0.5, 0.6) is 11.5 Å². The third-order valence-electron chi connectivity index (χ3n) is 5.06. The van der Waals surface area contributed by atoms with Gasteiger partial charge < -0.3 is 19.9 Å². The van der Waals surface area contributed by atoms with Gasteiger partial charge in [0.2, 0.25) is 5.91 Å². The van der Waals surface area contributed by atoms with Gasteiger partial charge in [0.05, 0.1) is 19.1 Å². The molecule has 1 saturated heterocycles. The molecule has 2 aromatic carbocycles. The van der Waals surface area contributed by atoms with Crippen LogP contribution in [-0.4, -0.2) is 58.9 Å². The summed E-state index contributed by atoms with van der Waals surface area (Å²) in [6.07, 6.45) is 1.79. The van der Waals surface area contributed by atoms with Crippen molar-refractivity contribution in [3.63, 3.8) is 0 Å². The van der Waals surface area contributed by atoms with Crippen molar-refractivity contribution in [2.75, 3.05) is 20.8 Å². The van der Waals surface area contributed by atoms with E-state index in [-0.39, 0.29) is 25.3 Å².